The highest BCUT2D eigenvalue weighted by Gasteiger charge is 2.26. The molecule has 0 aromatic heterocycles. The molecule has 2 aromatic rings. The highest BCUT2D eigenvalue weighted by molar-refractivity contribution is 5.77. The molecular weight excluding hydrogens is 290 g/mol. The van der Waals surface area contributed by atoms with Crippen LogP contribution in [0.5, 0.6) is 5.75 Å². The minimum atomic E-state index is -0.692. The first-order valence-electron chi connectivity index (χ1n) is 7.95. The van der Waals surface area contributed by atoms with Crippen molar-refractivity contribution in [1.82, 2.24) is 5.32 Å². The molecule has 1 aliphatic carbocycles. The first kappa shape index (κ1) is 15.6. The first-order valence-corrected chi connectivity index (χ1v) is 7.95. The van der Waals surface area contributed by atoms with Crippen molar-refractivity contribution in [2.24, 2.45) is 0 Å². The number of phenolic OH excluding ortho intramolecular Hbond substituents is 1. The van der Waals surface area contributed by atoms with Crippen LogP contribution in [0.2, 0.25) is 0 Å². The Morgan fingerprint density at radius 1 is 1.17 bits per heavy atom. The molecule has 0 spiro atoms. The summed E-state index contributed by atoms with van der Waals surface area (Å²) in [6.07, 6.45) is 1.41. The molecule has 0 fully saturated rings. The molecule has 3 N–H and O–H groups in total. The number of hydrogen-bond donors (Lipinski definition) is 3. The van der Waals surface area contributed by atoms with Gasteiger partial charge in [-0.3, -0.25) is 4.79 Å². The number of aromatic hydroxyl groups is 1. The fourth-order valence-corrected chi connectivity index (χ4v) is 3.21. The maximum absolute atomic E-state index is 12.2. The zero-order chi connectivity index (χ0) is 16.2. The number of amides is 1. The van der Waals surface area contributed by atoms with E-state index < -0.39 is 6.10 Å². The van der Waals surface area contributed by atoms with E-state index in [1.165, 1.54) is 0 Å². The zero-order valence-electron chi connectivity index (χ0n) is 12.9. The quantitative estimate of drug-likeness (QED) is 0.794. The number of carbonyl (C=O) groups is 1. The Bertz CT molecular complexity index is 684. The second-order valence-corrected chi connectivity index (χ2v) is 6.05. The molecule has 120 valence electrons. The van der Waals surface area contributed by atoms with E-state index in [0.717, 1.165) is 29.5 Å². The highest BCUT2D eigenvalue weighted by Crippen LogP contribution is 2.36. The molecule has 0 aliphatic heterocycles. The summed E-state index contributed by atoms with van der Waals surface area (Å²) in [5.74, 6) is 0.137. The molecule has 0 saturated carbocycles. The van der Waals surface area contributed by atoms with Gasteiger partial charge in [0.15, 0.2) is 0 Å². The van der Waals surface area contributed by atoms with Crippen molar-refractivity contribution in [1.29, 1.82) is 0 Å². The lowest BCUT2D eigenvalue weighted by Crippen LogP contribution is -2.30. The highest BCUT2D eigenvalue weighted by atomic mass is 16.3. The number of fused-ring (bicyclic) bond motifs is 1. The van der Waals surface area contributed by atoms with E-state index >= 15 is 0 Å². The zero-order valence-corrected chi connectivity index (χ0v) is 12.9. The third-order valence-corrected chi connectivity index (χ3v) is 4.32. The van der Waals surface area contributed by atoms with E-state index in [1.807, 2.05) is 36.4 Å². The predicted octanol–water partition coefficient (Wildman–Crippen LogP) is 2.49. The largest absolute Gasteiger partial charge is 0.508 e. The van der Waals surface area contributed by atoms with Crippen molar-refractivity contribution in [3.8, 4) is 5.75 Å². The first-order chi connectivity index (χ1) is 11.1. The number of aliphatic hydroxyl groups is 1. The van der Waals surface area contributed by atoms with Crippen molar-refractivity contribution in [2.75, 3.05) is 0 Å². The van der Waals surface area contributed by atoms with Gasteiger partial charge in [0.1, 0.15) is 5.75 Å². The van der Waals surface area contributed by atoms with Crippen LogP contribution in [0.1, 0.15) is 35.6 Å². The molecule has 0 heterocycles. The van der Waals surface area contributed by atoms with Gasteiger partial charge >= 0.3 is 0 Å². The lowest BCUT2D eigenvalue weighted by Gasteiger charge is -2.16. The van der Waals surface area contributed by atoms with Crippen LogP contribution >= 0.6 is 0 Å². The molecular formula is C19H21NO3. The van der Waals surface area contributed by atoms with Crippen LogP contribution in [0.4, 0.5) is 0 Å². The number of phenols is 1. The van der Waals surface area contributed by atoms with Gasteiger partial charge in [-0.05, 0) is 42.0 Å². The maximum Gasteiger partial charge on any atom is 0.223 e. The van der Waals surface area contributed by atoms with Crippen LogP contribution in [0.25, 0.3) is 0 Å². The molecule has 4 nitrogen and oxygen atoms in total. The van der Waals surface area contributed by atoms with Crippen molar-refractivity contribution in [3.63, 3.8) is 0 Å². The molecule has 2 atom stereocenters. The summed E-state index contributed by atoms with van der Waals surface area (Å²) >= 11 is 0. The monoisotopic (exact) mass is 311 g/mol. The number of nitrogens with one attached hydrogen (secondary N) is 1. The number of hydrogen-bond acceptors (Lipinski definition) is 3. The minimum Gasteiger partial charge on any atom is -0.508 e. The van der Waals surface area contributed by atoms with Gasteiger partial charge in [0.25, 0.3) is 0 Å². The Labute approximate surface area is 135 Å². The van der Waals surface area contributed by atoms with E-state index in [4.69, 9.17) is 0 Å². The molecule has 1 aliphatic rings. The topological polar surface area (TPSA) is 69.6 Å². The van der Waals surface area contributed by atoms with Crippen LogP contribution in [0, 0.1) is 0 Å². The molecule has 2 aromatic carbocycles. The molecule has 1 amide bonds. The Morgan fingerprint density at radius 3 is 2.74 bits per heavy atom. The normalized spacial score (nSPS) is 17.5. The average Bonchev–Trinajstić information content (AvgIpc) is 2.92. The molecule has 3 rings (SSSR count). The summed E-state index contributed by atoms with van der Waals surface area (Å²) in [6, 6.07) is 15.0. The van der Waals surface area contributed by atoms with Gasteiger partial charge in [0.05, 0.1) is 18.6 Å². The van der Waals surface area contributed by atoms with Gasteiger partial charge in [-0.1, -0.05) is 42.5 Å². The lowest BCUT2D eigenvalue weighted by atomic mass is 10.0. The second kappa shape index (κ2) is 6.84. The SMILES string of the molecule is O=C(CC(O)Cc1ccccc1)NC1CCc2c(O)cccc21. The summed E-state index contributed by atoms with van der Waals surface area (Å²) in [4.78, 5) is 12.2. The van der Waals surface area contributed by atoms with Gasteiger partial charge in [-0.2, -0.15) is 0 Å². The number of benzene rings is 2. The average molecular weight is 311 g/mol. The van der Waals surface area contributed by atoms with Crippen LogP contribution < -0.4 is 5.32 Å². The Kier molecular flexibility index (Phi) is 4.63. The molecule has 0 bridgehead atoms. The van der Waals surface area contributed by atoms with E-state index in [2.05, 4.69) is 5.32 Å². The second-order valence-electron chi connectivity index (χ2n) is 6.05. The van der Waals surface area contributed by atoms with Crippen LogP contribution in [0.15, 0.2) is 48.5 Å². The third kappa shape index (κ3) is 3.71. The third-order valence-electron chi connectivity index (χ3n) is 4.32. The van der Waals surface area contributed by atoms with Gasteiger partial charge in [0, 0.05) is 0 Å². The van der Waals surface area contributed by atoms with Gasteiger partial charge < -0.3 is 15.5 Å². The standard InChI is InChI=1S/C19H21NO3/c21-14(11-13-5-2-1-3-6-13)12-19(23)20-17-10-9-16-15(17)7-4-8-18(16)22/h1-8,14,17,21-22H,9-12H2,(H,20,23). The van der Waals surface area contributed by atoms with Crippen LogP contribution in [-0.2, 0) is 17.6 Å². The van der Waals surface area contributed by atoms with E-state index in [-0.39, 0.29) is 18.4 Å². The van der Waals surface area contributed by atoms with E-state index in [9.17, 15) is 15.0 Å². The van der Waals surface area contributed by atoms with Crippen molar-refractivity contribution < 1.29 is 15.0 Å². The minimum absolute atomic E-state index is 0.0754. The van der Waals surface area contributed by atoms with E-state index in [0.29, 0.717) is 12.2 Å². The molecule has 2 unspecified atom stereocenters. The summed E-state index contributed by atoms with van der Waals surface area (Å²) < 4.78 is 0. The fraction of sp³-hybridized carbons (Fsp3) is 0.316. The molecule has 0 radical (unpaired) electrons. The van der Waals surface area contributed by atoms with Gasteiger partial charge in [-0.25, -0.2) is 0 Å². The summed E-state index contributed by atoms with van der Waals surface area (Å²) in [5, 5.41) is 22.9. The summed E-state index contributed by atoms with van der Waals surface area (Å²) in [6.45, 7) is 0. The Hall–Kier alpha value is -2.33. The van der Waals surface area contributed by atoms with Crippen LogP contribution in [0.3, 0.4) is 0 Å². The lowest BCUT2D eigenvalue weighted by molar-refractivity contribution is -0.123. The van der Waals surface area contributed by atoms with Crippen molar-refractivity contribution in [2.45, 2.75) is 37.8 Å². The molecule has 23 heavy (non-hydrogen) atoms. The Morgan fingerprint density at radius 2 is 1.96 bits per heavy atom. The maximum atomic E-state index is 12.2. The van der Waals surface area contributed by atoms with Crippen LogP contribution in [-0.4, -0.2) is 22.2 Å². The number of carbonyl (C=O) groups excluding carboxylic acids is 1. The number of aliphatic hydroxyl groups excluding tert-OH is 1. The molecule has 0 saturated heterocycles. The smallest absolute Gasteiger partial charge is 0.223 e. The molecule has 4 heteroatoms. The summed E-state index contributed by atoms with van der Waals surface area (Å²) in [5.41, 5.74) is 2.92. The Balaban J connectivity index is 1.56. The summed E-state index contributed by atoms with van der Waals surface area (Å²) in [7, 11) is 0. The van der Waals surface area contributed by atoms with Gasteiger partial charge in [-0.15, -0.1) is 0 Å². The van der Waals surface area contributed by atoms with Crippen molar-refractivity contribution >= 4 is 5.91 Å². The number of rotatable bonds is 5. The predicted molar refractivity (Wildman–Crippen MR) is 88.1 cm³/mol. The van der Waals surface area contributed by atoms with E-state index in [1.54, 1.807) is 12.1 Å². The van der Waals surface area contributed by atoms with Gasteiger partial charge in [0.2, 0.25) is 5.91 Å². The fourth-order valence-electron chi connectivity index (χ4n) is 3.21. The van der Waals surface area contributed by atoms with Crippen molar-refractivity contribution in [3.05, 3.63) is 65.2 Å².